The van der Waals surface area contributed by atoms with Crippen LogP contribution in [0, 0.1) is 5.82 Å². The quantitative estimate of drug-likeness (QED) is 0.559. The number of carbonyl (C=O) groups is 1. The Balaban J connectivity index is 1.59. The topological polar surface area (TPSA) is 77.6 Å². The van der Waals surface area contributed by atoms with Gasteiger partial charge in [0.15, 0.2) is 11.5 Å². The summed E-state index contributed by atoms with van der Waals surface area (Å²) in [5.74, 6) is 0.0105. The van der Waals surface area contributed by atoms with Crippen LogP contribution in [-0.4, -0.2) is 30.5 Å². The summed E-state index contributed by atoms with van der Waals surface area (Å²) in [6.45, 7) is 4.05. The predicted molar refractivity (Wildman–Crippen MR) is 107 cm³/mol. The van der Waals surface area contributed by atoms with Crippen molar-refractivity contribution in [3.63, 3.8) is 0 Å². The van der Waals surface area contributed by atoms with Crippen LogP contribution >= 0.6 is 0 Å². The minimum absolute atomic E-state index is 0.148. The van der Waals surface area contributed by atoms with Gasteiger partial charge in [-0.2, -0.15) is 10.2 Å². The van der Waals surface area contributed by atoms with Crippen LogP contribution in [0.25, 0.3) is 11.5 Å². The third kappa shape index (κ3) is 3.77. The number of nitrogens with zero attached hydrogens (tertiary/aromatic N) is 5. The lowest BCUT2D eigenvalue weighted by molar-refractivity contribution is 0.102. The van der Waals surface area contributed by atoms with Crippen molar-refractivity contribution in [3.05, 3.63) is 84.3 Å². The van der Waals surface area contributed by atoms with Crippen molar-refractivity contribution in [1.82, 2.24) is 24.5 Å². The first kappa shape index (κ1) is 18.5. The van der Waals surface area contributed by atoms with Crippen molar-refractivity contribution in [2.45, 2.75) is 19.8 Å². The van der Waals surface area contributed by atoms with E-state index in [1.54, 1.807) is 41.3 Å². The fourth-order valence-corrected chi connectivity index (χ4v) is 2.93. The number of anilines is 1. The molecule has 3 aromatic heterocycles. The third-order valence-electron chi connectivity index (χ3n) is 4.37. The maximum atomic E-state index is 13.9. The number of halogens is 1. The Morgan fingerprint density at radius 2 is 1.93 bits per heavy atom. The standard InChI is InChI=1S/C21H19FN6O/c1-14(2)19-11-17(26-28(19)20-9-5-6-10-23-20)21(29)25-15-12-24-27(13-15)18-8-4-3-7-16(18)22/h3-14H,1-2H3,(H,25,29). The predicted octanol–water partition coefficient (Wildman–Crippen LogP) is 3.97. The Kier molecular flexibility index (Phi) is 4.90. The Labute approximate surface area is 166 Å². The van der Waals surface area contributed by atoms with E-state index in [4.69, 9.17) is 0 Å². The summed E-state index contributed by atoms with van der Waals surface area (Å²) in [6.07, 6.45) is 4.69. The van der Waals surface area contributed by atoms with Crippen LogP contribution in [0.3, 0.4) is 0 Å². The third-order valence-corrected chi connectivity index (χ3v) is 4.37. The fraction of sp³-hybridized carbons (Fsp3) is 0.143. The summed E-state index contributed by atoms with van der Waals surface area (Å²) in [5, 5.41) is 11.3. The van der Waals surface area contributed by atoms with Crippen LogP contribution in [0.15, 0.2) is 67.1 Å². The van der Waals surface area contributed by atoms with Gasteiger partial charge in [-0.3, -0.25) is 4.79 Å². The molecule has 29 heavy (non-hydrogen) atoms. The van der Waals surface area contributed by atoms with Crippen LogP contribution in [0.4, 0.5) is 10.1 Å². The molecule has 0 saturated carbocycles. The van der Waals surface area contributed by atoms with Gasteiger partial charge in [-0.1, -0.05) is 32.0 Å². The van der Waals surface area contributed by atoms with Gasteiger partial charge < -0.3 is 5.32 Å². The first-order chi connectivity index (χ1) is 14.0. The van der Waals surface area contributed by atoms with Crippen molar-refractivity contribution in [1.29, 1.82) is 0 Å². The van der Waals surface area contributed by atoms with E-state index in [2.05, 4.69) is 20.5 Å². The average molecular weight is 390 g/mol. The molecule has 1 N–H and O–H groups in total. The number of nitrogens with one attached hydrogen (secondary N) is 1. The second-order valence-corrected chi connectivity index (χ2v) is 6.79. The van der Waals surface area contributed by atoms with Crippen LogP contribution in [0.2, 0.25) is 0 Å². The molecule has 0 aliphatic carbocycles. The number of amides is 1. The molecule has 7 nitrogen and oxygen atoms in total. The van der Waals surface area contributed by atoms with E-state index in [9.17, 15) is 9.18 Å². The molecule has 0 aliphatic heterocycles. The Bertz CT molecular complexity index is 1150. The van der Waals surface area contributed by atoms with E-state index in [1.807, 2.05) is 32.0 Å². The highest BCUT2D eigenvalue weighted by Crippen LogP contribution is 2.20. The number of para-hydroxylation sites is 1. The Morgan fingerprint density at radius 1 is 1.14 bits per heavy atom. The summed E-state index contributed by atoms with van der Waals surface area (Å²) < 4.78 is 17.0. The maximum absolute atomic E-state index is 13.9. The normalized spacial score (nSPS) is 11.0. The van der Waals surface area contributed by atoms with Gasteiger partial charge in [-0.15, -0.1) is 0 Å². The van der Waals surface area contributed by atoms with Crippen LogP contribution in [-0.2, 0) is 0 Å². The summed E-state index contributed by atoms with van der Waals surface area (Å²) in [4.78, 5) is 17.0. The van der Waals surface area contributed by atoms with E-state index >= 15 is 0 Å². The number of carbonyl (C=O) groups excluding carboxylic acids is 1. The molecule has 1 amide bonds. The number of benzene rings is 1. The molecule has 8 heteroatoms. The largest absolute Gasteiger partial charge is 0.318 e. The minimum atomic E-state index is -0.399. The molecule has 0 spiro atoms. The molecule has 0 aliphatic rings. The first-order valence-corrected chi connectivity index (χ1v) is 9.15. The minimum Gasteiger partial charge on any atom is -0.318 e. The molecule has 0 bridgehead atoms. The highest BCUT2D eigenvalue weighted by Gasteiger charge is 2.18. The van der Waals surface area contributed by atoms with Crippen molar-refractivity contribution in [2.24, 2.45) is 0 Å². The van der Waals surface area contributed by atoms with Gasteiger partial charge in [-0.05, 0) is 36.2 Å². The molecule has 4 aromatic rings. The number of hydrogen-bond donors (Lipinski definition) is 1. The van der Waals surface area contributed by atoms with Crippen molar-refractivity contribution < 1.29 is 9.18 Å². The number of hydrogen-bond acceptors (Lipinski definition) is 4. The molecule has 0 saturated heterocycles. The Morgan fingerprint density at radius 3 is 2.66 bits per heavy atom. The zero-order valence-electron chi connectivity index (χ0n) is 16.0. The summed E-state index contributed by atoms with van der Waals surface area (Å²) in [6, 6.07) is 13.6. The lowest BCUT2D eigenvalue weighted by Gasteiger charge is -2.08. The number of pyridine rings is 1. The molecule has 0 fully saturated rings. The molecule has 0 unspecified atom stereocenters. The SMILES string of the molecule is CC(C)c1cc(C(=O)Nc2cnn(-c3ccccc3F)c2)nn1-c1ccccn1. The highest BCUT2D eigenvalue weighted by atomic mass is 19.1. The van der Waals surface area contributed by atoms with Gasteiger partial charge in [0.05, 0.1) is 18.1 Å². The van der Waals surface area contributed by atoms with Crippen LogP contribution in [0.5, 0.6) is 0 Å². The summed E-state index contributed by atoms with van der Waals surface area (Å²) in [5.41, 5.74) is 1.88. The van der Waals surface area contributed by atoms with E-state index in [0.29, 0.717) is 17.2 Å². The van der Waals surface area contributed by atoms with Gasteiger partial charge in [-0.25, -0.2) is 18.7 Å². The molecule has 4 rings (SSSR count). The van der Waals surface area contributed by atoms with E-state index in [0.717, 1.165) is 5.69 Å². The monoisotopic (exact) mass is 390 g/mol. The zero-order chi connectivity index (χ0) is 20.4. The van der Waals surface area contributed by atoms with Crippen molar-refractivity contribution >= 4 is 11.6 Å². The first-order valence-electron chi connectivity index (χ1n) is 9.15. The molecule has 146 valence electrons. The zero-order valence-corrected chi connectivity index (χ0v) is 16.0. The second-order valence-electron chi connectivity index (χ2n) is 6.79. The lowest BCUT2D eigenvalue weighted by Crippen LogP contribution is -2.13. The van der Waals surface area contributed by atoms with E-state index < -0.39 is 5.82 Å². The van der Waals surface area contributed by atoms with Crippen LogP contribution in [0.1, 0.15) is 35.9 Å². The lowest BCUT2D eigenvalue weighted by atomic mass is 10.1. The number of aromatic nitrogens is 5. The van der Waals surface area contributed by atoms with E-state index in [-0.39, 0.29) is 17.5 Å². The maximum Gasteiger partial charge on any atom is 0.276 e. The summed E-state index contributed by atoms with van der Waals surface area (Å²) in [7, 11) is 0. The average Bonchev–Trinajstić information content (AvgIpc) is 3.36. The molecular weight excluding hydrogens is 371 g/mol. The van der Waals surface area contributed by atoms with Gasteiger partial charge in [0.2, 0.25) is 0 Å². The van der Waals surface area contributed by atoms with Crippen LogP contribution < -0.4 is 5.32 Å². The highest BCUT2D eigenvalue weighted by molar-refractivity contribution is 6.02. The van der Waals surface area contributed by atoms with Gasteiger partial charge in [0.1, 0.15) is 11.5 Å². The van der Waals surface area contributed by atoms with Crippen molar-refractivity contribution in [2.75, 3.05) is 5.32 Å². The smallest absolute Gasteiger partial charge is 0.276 e. The summed E-state index contributed by atoms with van der Waals surface area (Å²) >= 11 is 0. The molecule has 0 radical (unpaired) electrons. The van der Waals surface area contributed by atoms with E-state index in [1.165, 1.54) is 16.9 Å². The second kappa shape index (κ2) is 7.67. The van der Waals surface area contributed by atoms with Gasteiger partial charge >= 0.3 is 0 Å². The molecule has 3 heterocycles. The van der Waals surface area contributed by atoms with Crippen molar-refractivity contribution in [3.8, 4) is 11.5 Å². The van der Waals surface area contributed by atoms with Gasteiger partial charge in [0.25, 0.3) is 5.91 Å². The Hall–Kier alpha value is -3.81. The van der Waals surface area contributed by atoms with Gasteiger partial charge in [0, 0.05) is 11.9 Å². The molecular formula is C21H19FN6O. The fourth-order valence-electron chi connectivity index (χ4n) is 2.93. The number of rotatable bonds is 5. The molecule has 0 atom stereocenters. The molecule has 1 aromatic carbocycles.